The Morgan fingerprint density at radius 1 is 0.712 bits per heavy atom. The van der Waals surface area contributed by atoms with Crippen molar-refractivity contribution in [1.29, 1.82) is 0 Å². The summed E-state index contributed by atoms with van der Waals surface area (Å²) in [5.74, 6) is -11.0. The van der Waals surface area contributed by atoms with Crippen molar-refractivity contribution in [2.24, 2.45) is 0 Å². The van der Waals surface area contributed by atoms with E-state index in [1.54, 1.807) is 0 Å². The van der Waals surface area contributed by atoms with Crippen LogP contribution in [0.25, 0.3) is 0 Å². The molecule has 4 heterocycles. The van der Waals surface area contributed by atoms with E-state index in [-0.39, 0.29) is 5.60 Å². The van der Waals surface area contributed by atoms with Gasteiger partial charge < -0.3 is 30.1 Å². The maximum absolute atomic E-state index is 10.6. The van der Waals surface area contributed by atoms with Crippen molar-refractivity contribution in [3.05, 3.63) is 30.1 Å². The summed E-state index contributed by atoms with van der Waals surface area (Å²) in [5.41, 5.74) is 1.32. The smallest absolute Gasteiger partial charge is 0.475 e. The lowest BCUT2D eigenvalue weighted by Crippen LogP contribution is -2.50. The molecule has 1 aromatic heterocycles. The molecule has 1 aromatic rings. The Morgan fingerprint density at radius 2 is 1.10 bits per heavy atom. The van der Waals surface area contributed by atoms with E-state index in [4.69, 9.17) is 44.3 Å². The van der Waals surface area contributed by atoms with Crippen molar-refractivity contribution >= 4 is 23.9 Å². The second kappa shape index (κ2) is 20.3. The van der Waals surface area contributed by atoms with E-state index >= 15 is 0 Å². The van der Waals surface area contributed by atoms with Crippen molar-refractivity contribution < 1.29 is 97.0 Å². The number of rotatable bonds is 3. The quantitative estimate of drug-likeness (QED) is 0.324. The lowest BCUT2D eigenvalue weighted by Gasteiger charge is -2.39. The molecule has 0 bridgehead atoms. The Bertz CT molecular complexity index is 1170. The molecule has 0 aliphatic carbocycles. The van der Waals surface area contributed by atoms with Gasteiger partial charge in [-0.05, 0) is 38.4 Å². The standard InChI is InChI=1S/C19H30N4O.4C2HF3O2/c1-21-10-12-23(13-11-21)18-14-19(24-16-18)5-8-22(9-6-19)15-17-4-2-3-7-20-17;4*3-2(4,5)1(6)7/h2-4,7,18H,5-6,8-16H2,1H3;4*(H,6,7). The normalized spacial score (nSPS) is 19.6. The molecule has 1 unspecified atom stereocenters. The van der Waals surface area contributed by atoms with Crippen LogP contribution in [0.15, 0.2) is 24.4 Å². The number of alkyl halides is 12. The average Bonchev–Trinajstić information content (AvgIpc) is 3.42. The number of hydrogen-bond acceptors (Lipinski definition) is 9. The van der Waals surface area contributed by atoms with Gasteiger partial charge in [-0.3, -0.25) is 14.8 Å². The zero-order valence-electron chi connectivity index (χ0n) is 26.8. The minimum atomic E-state index is -5.08. The SMILES string of the molecule is CN1CCN(C2COC3(CCN(Cc4ccccn4)CC3)C2)CC1.O=C(O)C(F)(F)F.O=C(O)C(F)(F)F.O=C(O)C(F)(F)F.O=C(O)C(F)(F)F. The van der Waals surface area contributed by atoms with Crippen molar-refractivity contribution in [2.45, 2.75) is 62.2 Å². The number of ether oxygens (including phenoxy) is 1. The number of piperidine rings is 1. The molecule has 3 fully saturated rings. The van der Waals surface area contributed by atoms with Gasteiger partial charge >= 0.3 is 48.6 Å². The van der Waals surface area contributed by atoms with Crippen molar-refractivity contribution in [2.75, 3.05) is 52.9 Å². The Hall–Kier alpha value is -3.97. The fourth-order valence-electron chi connectivity index (χ4n) is 4.43. The average molecular weight is 787 g/mol. The van der Waals surface area contributed by atoms with E-state index in [2.05, 4.69) is 38.9 Å². The predicted octanol–water partition coefficient (Wildman–Crippen LogP) is 3.99. The van der Waals surface area contributed by atoms with Crippen molar-refractivity contribution in [3.63, 3.8) is 0 Å². The van der Waals surface area contributed by atoms with Gasteiger partial charge in [-0.2, -0.15) is 52.7 Å². The molecule has 25 heteroatoms. The number of carboxylic acid groups (broad SMARTS) is 4. The third-order valence-corrected chi connectivity index (χ3v) is 7.09. The summed E-state index contributed by atoms with van der Waals surface area (Å²) in [6.07, 6.45) is -14.9. The lowest BCUT2D eigenvalue weighted by molar-refractivity contribution is -0.193. The zero-order valence-corrected chi connectivity index (χ0v) is 26.8. The fourth-order valence-corrected chi connectivity index (χ4v) is 4.43. The molecule has 1 atom stereocenters. The van der Waals surface area contributed by atoms with Crippen LogP contribution in [0.1, 0.15) is 25.0 Å². The zero-order chi connectivity index (χ0) is 40.7. The number of aliphatic carboxylic acids is 4. The van der Waals surface area contributed by atoms with Gasteiger partial charge in [-0.25, -0.2) is 19.2 Å². The van der Waals surface area contributed by atoms with Gasteiger partial charge in [0.05, 0.1) is 17.9 Å². The molecule has 4 N–H and O–H groups in total. The van der Waals surface area contributed by atoms with Crippen LogP contribution in [-0.4, -0.2) is 153 Å². The molecule has 13 nitrogen and oxygen atoms in total. The molecule has 1 spiro atoms. The van der Waals surface area contributed by atoms with Gasteiger partial charge in [0.15, 0.2) is 0 Å². The van der Waals surface area contributed by atoms with Gasteiger partial charge in [0.25, 0.3) is 0 Å². The topological polar surface area (TPSA) is 181 Å². The number of carboxylic acids is 4. The summed E-state index contributed by atoms with van der Waals surface area (Å²) >= 11 is 0. The number of hydrogen-bond donors (Lipinski definition) is 4. The first-order valence-corrected chi connectivity index (χ1v) is 14.4. The first kappa shape index (κ1) is 48.0. The highest BCUT2D eigenvalue weighted by Crippen LogP contribution is 2.38. The van der Waals surface area contributed by atoms with Crippen LogP contribution >= 0.6 is 0 Å². The molecule has 3 aliphatic heterocycles. The number of likely N-dealkylation sites (tertiary alicyclic amines) is 1. The second-order valence-corrected chi connectivity index (χ2v) is 11.0. The number of pyridine rings is 1. The first-order valence-electron chi connectivity index (χ1n) is 14.4. The Labute approximate surface area is 286 Å². The Morgan fingerprint density at radius 3 is 1.42 bits per heavy atom. The third-order valence-electron chi connectivity index (χ3n) is 7.09. The van der Waals surface area contributed by atoms with E-state index in [0.717, 1.165) is 26.2 Å². The molecule has 52 heavy (non-hydrogen) atoms. The van der Waals surface area contributed by atoms with Gasteiger partial charge in [0.1, 0.15) is 0 Å². The Balaban J connectivity index is 0.000000764. The number of nitrogens with zero attached hydrogens (tertiary/aromatic N) is 4. The summed E-state index contributed by atoms with van der Waals surface area (Å²) in [4.78, 5) is 47.7. The van der Waals surface area contributed by atoms with Crippen LogP contribution in [0.4, 0.5) is 52.7 Å². The van der Waals surface area contributed by atoms with Gasteiger partial charge in [0.2, 0.25) is 0 Å². The molecule has 0 radical (unpaired) electrons. The number of carbonyl (C=O) groups is 4. The second-order valence-electron chi connectivity index (χ2n) is 11.0. The molecular weight excluding hydrogens is 752 g/mol. The van der Waals surface area contributed by atoms with Crippen LogP contribution in [-0.2, 0) is 30.5 Å². The van der Waals surface area contributed by atoms with Crippen molar-refractivity contribution in [1.82, 2.24) is 19.7 Å². The van der Waals surface area contributed by atoms with Gasteiger partial charge in [-0.15, -0.1) is 0 Å². The molecule has 3 aliphatic rings. The Kier molecular flexibility index (Phi) is 18.8. The van der Waals surface area contributed by atoms with E-state index in [9.17, 15) is 52.7 Å². The van der Waals surface area contributed by atoms with Crippen LogP contribution in [0.3, 0.4) is 0 Å². The largest absolute Gasteiger partial charge is 0.490 e. The number of aromatic nitrogens is 1. The van der Waals surface area contributed by atoms with E-state index in [1.807, 2.05) is 12.3 Å². The molecule has 300 valence electrons. The summed E-state index contributed by atoms with van der Waals surface area (Å²) < 4.78 is 133. The summed E-state index contributed by atoms with van der Waals surface area (Å²) in [5, 5.41) is 28.5. The highest BCUT2D eigenvalue weighted by molar-refractivity contribution is 5.74. The number of halogens is 12. The molecular formula is C27H34F12N4O9. The maximum Gasteiger partial charge on any atom is 0.490 e. The van der Waals surface area contributed by atoms with Crippen LogP contribution in [0.5, 0.6) is 0 Å². The highest BCUT2D eigenvalue weighted by atomic mass is 19.4. The minimum Gasteiger partial charge on any atom is -0.475 e. The minimum absolute atomic E-state index is 0.147. The third kappa shape index (κ3) is 19.6. The monoisotopic (exact) mass is 786 g/mol. The molecule has 4 rings (SSSR count). The highest BCUT2D eigenvalue weighted by Gasteiger charge is 2.45. The first-order chi connectivity index (χ1) is 23.5. The van der Waals surface area contributed by atoms with Gasteiger partial charge in [0, 0.05) is 58.1 Å². The van der Waals surface area contributed by atoms with Crippen LogP contribution in [0.2, 0.25) is 0 Å². The molecule has 0 saturated carbocycles. The van der Waals surface area contributed by atoms with Crippen molar-refractivity contribution in [3.8, 4) is 0 Å². The molecule has 0 aromatic carbocycles. The predicted molar refractivity (Wildman–Crippen MR) is 150 cm³/mol. The van der Waals surface area contributed by atoms with E-state index in [1.165, 1.54) is 51.1 Å². The summed E-state index contributed by atoms with van der Waals surface area (Å²) in [7, 11) is 2.22. The van der Waals surface area contributed by atoms with Crippen LogP contribution in [0, 0.1) is 0 Å². The maximum atomic E-state index is 10.6. The van der Waals surface area contributed by atoms with Gasteiger partial charge in [-0.1, -0.05) is 6.07 Å². The molecule has 3 saturated heterocycles. The van der Waals surface area contributed by atoms with E-state index < -0.39 is 48.6 Å². The summed E-state index contributed by atoms with van der Waals surface area (Å²) in [6.45, 7) is 8.96. The number of likely N-dealkylation sites (N-methyl/N-ethyl adjacent to an activating group) is 1. The molecule has 0 amide bonds. The fraction of sp³-hybridized carbons (Fsp3) is 0.667. The number of piperazine rings is 1. The summed E-state index contributed by atoms with van der Waals surface area (Å²) in [6, 6.07) is 6.83. The van der Waals surface area contributed by atoms with Crippen LogP contribution < -0.4 is 0 Å². The lowest BCUT2D eigenvalue weighted by atomic mass is 9.87. The van der Waals surface area contributed by atoms with E-state index in [0.29, 0.717) is 6.04 Å².